The van der Waals surface area contributed by atoms with E-state index in [1.807, 2.05) is 60.7 Å². The predicted molar refractivity (Wildman–Crippen MR) is 122 cm³/mol. The van der Waals surface area contributed by atoms with Crippen LogP contribution in [0.1, 0.15) is 16.2 Å². The van der Waals surface area contributed by atoms with E-state index in [0.717, 1.165) is 22.1 Å². The molecule has 4 aromatic heterocycles. The van der Waals surface area contributed by atoms with Gasteiger partial charge in [0.25, 0.3) is 0 Å². The summed E-state index contributed by atoms with van der Waals surface area (Å²) >= 11 is 0. The van der Waals surface area contributed by atoms with Gasteiger partial charge in [-0.3, -0.25) is 4.79 Å². The number of aromatic nitrogens is 6. The van der Waals surface area contributed by atoms with E-state index in [1.165, 1.54) is 0 Å². The van der Waals surface area contributed by atoms with Crippen LogP contribution in [0.4, 0.5) is 0 Å². The Bertz CT molecular complexity index is 1430. The van der Waals surface area contributed by atoms with Crippen LogP contribution in [-0.2, 0) is 0 Å². The Morgan fingerprint density at radius 2 is 1.00 bits per heavy atom. The monoisotopic (exact) mass is 416 g/mol. The highest BCUT2D eigenvalue weighted by atomic mass is 16.1. The first-order valence-corrected chi connectivity index (χ1v) is 10.1. The van der Waals surface area contributed by atoms with E-state index in [4.69, 9.17) is 0 Å². The van der Waals surface area contributed by atoms with E-state index >= 15 is 0 Å². The molecule has 0 unspecified atom stereocenters. The fraction of sp³-hybridized carbons (Fsp3) is 0. The van der Waals surface area contributed by atoms with Gasteiger partial charge < -0.3 is 9.97 Å². The molecule has 0 amide bonds. The summed E-state index contributed by atoms with van der Waals surface area (Å²) in [6.45, 7) is 0. The van der Waals surface area contributed by atoms with Gasteiger partial charge >= 0.3 is 0 Å². The summed E-state index contributed by atoms with van der Waals surface area (Å²) in [5, 5.41) is 0. The summed E-state index contributed by atoms with van der Waals surface area (Å²) in [4.78, 5) is 37.9. The van der Waals surface area contributed by atoms with Gasteiger partial charge in [-0.15, -0.1) is 0 Å². The van der Waals surface area contributed by atoms with Crippen molar-refractivity contribution < 1.29 is 4.79 Å². The van der Waals surface area contributed by atoms with E-state index < -0.39 is 0 Å². The van der Waals surface area contributed by atoms with Crippen molar-refractivity contribution in [2.75, 3.05) is 0 Å². The number of nitrogens with one attached hydrogen (secondary N) is 2. The van der Waals surface area contributed by atoms with E-state index in [2.05, 4.69) is 29.9 Å². The maximum atomic E-state index is 13.2. The third-order valence-electron chi connectivity index (χ3n) is 5.23. The number of pyridine rings is 2. The minimum Gasteiger partial charge on any atom is -0.337 e. The minimum atomic E-state index is -0.263. The lowest BCUT2D eigenvalue weighted by Gasteiger charge is -2.04. The second kappa shape index (κ2) is 7.24. The molecule has 0 aliphatic carbocycles. The third kappa shape index (κ3) is 3.13. The number of nitrogens with zero attached hydrogens (tertiary/aromatic N) is 4. The number of benzene rings is 2. The summed E-state index contributed by atoms with van der Waals surface area (Å²) in [6, 6.07) is 26.1. The number of rotatable bonds is 4. The molecule has 0 spiro atoms. The number of ketones is 1. The fourth-order valence-electron chi connectivity index (χ4n) is 3.67. The number of carbonyl (C=O) groups is 1. The zero-order valence-electron chi connectivity index (χ0n) is 16.8. The highest BCUT2D eigenvalue weighted by molar-refractivity contribution is 6.06. The first-order valence-electron chi connectivity index (χ1n) is 10.1. The van der Waals surface area contributed by atoms with Gasteiger partial charge in [0.2, 0.25) is 5.78 Å². The van der Waals surface area contributed by atoms with Gasteiger partial charge in [0.05, 0.1) is 22.1 Å². The Morgan fingerprint density at radius 1 is 0.531 bits per heavy atom. The summed E-state index contributed by atoms with van der Waals surface area (Å²) in [5.41, 5.74) is 5.33. The molecule has 0 aliphatic rings. The molecule has 32 heavy (non-hydrogen) atoms. The molecule has 7 heteroatoms. The quantitative estimate of drug-likeness (QED) is 0.402. The molecule has 0 atom stereocenters. The number of fused-ring (bicyclic) bond motifs is 2. The fourth-order valence-corrected chi connectivity index (χ4v) is 3.67. The molecule has 0 fully saturated rings. The average Bonchev–Trinajstić information content (AvgIpc) is 3.48. The molecule has 0 aliphatic heterocycles. The second-order valence-corrected chi connectivity index (χ2v) is 7.35. The van der Waals surface area contributed by atoms with Crippen molar-refractivity contribution in [3.8, 4) is 23.0 Å². The maximum absolute atomic E-state index is 13.2. The summed E-state index contributed by atoms with van der Waals surface area (Å²) in [5.74, 6) is 0.968. The van der Waals surface area contributed by atoms with Gasteiger partial charge in [-0.05, 0) is 48.5 Å². The number of imidazole rings is 2. The summed E-state index contributed by atoms with van der Waals surface area (Å²) in [7, 11) is 0. The molecule has 4 heterocycles. The van der Waals surface area contributed by atoms with Crippen LogP contribution in [0.25, 0.3) is 45.1 Å². The molecule has 152 valence electrons. The number of para-hydroxylation sites is 4. The molecule has 6 aromatic rings. The van der Waals surface area contributed by atoms with Crippen LogP contribution in [0.2, 0.25) is 0 Å². The number of aromatic amines is 2. The molecule has 0 radical (unpaired) electrons. The highest BCUT2D eigenvalue weighted by Crippen LogP contribution is 2.21. The Morgan fingerprint density at radius 3 is 1.47 bits per heavy atom. The largest absolute Gasteiger partial charge is 0.337 e. The summed E-state index contributed by atoms with van der Waals surface area (Å²) in [6.07, 6.45) is 0. The molecule has 2 N–H and O–H groups in total. The Hall–Kier alpha value is -4.65. The zero-order chi connectivity index (χ0) is 21.5. The lowest BCUT2D eigenvalue weighted by molar-refractivity contribution is 0.103. The van der Waals surface area contributed by atoms with Gasteiger partial charge in [0.15, 0.2) is 11.6 Å². The number of carbonyl (C=O) groups excluding carboxylic acids is 1. The van der Waals surface area contributed by atoms with Crippen LogP contribution < -0.4 is 0 Å². The highest BCUT2D eigenvalue weighted by Gasteiger charge is 2.16. The first kappa shape index (κ1) is 18.1. The molecule has 0 saturated carbocycles. The maximum Gasteiger partial charge on any atom is 0.229 e. The standard InChI is InChI=1S/C25H16N6O/c32-23(19-11-5-13-21(26-19)24-28-15-7-1-2-8-16(15)29-24)20-12-6-14-22(27-20)25-30-17-9-3-4-10-18(17)31-25/h1-14H,(H,28,29)(H,30,31). The second-order valence-electron chi connectivity index (χ2n) is 7.35. The van der Waals surface area contributed by atoms with Crippen molar-refractivity contribution in [2.24, 2.45) is 0 Å². The van der Waals surface area contributed by atoms with Crippen LogP contribution in [0.5, 0.6) is 0 Å². The normalized spacial score (nSPS) is 11.2. The van der Waals surface area contributed by atoms with E-state index in [1.54, 1.807) is 24.3 Å². The van der Waals surface area contributed by atoms with Gasteiger partial charge in [-0.2, -0.15) is 0 Å². The van der Waals surface area contributed by atoms with E-state index in [0.29, 0.717) is 34.4 Å². The average molecular weight is 416 g/mol. The van der Waals surface area contributed by atoms with Gasteiger partial charge in [-0.1, -0.05) is 36.4 Å². The van der Waals surface area contributed by atoms with Crippen LogP contribution in [0.3, 0.4) is 0 Å². The Labute approximate surface area is 182 Å². The topological polar surface area (TPSA) is 100 Å². The number of H-pyrrole nitrogens is 2. The van der Waals surface area contributed by atoms with Crippen molar-refractivity contribution in [1.29, 1.82) is 0 Å². The molecular weight excluding hydrogens is 400 g/mol. The number of hydrogen-bond acceptors (Lipinski definition) is 5. The van der Waals surface area contributed by atoms with E-state index in [9.17, 15) is 4.79 Å². The zero-order valence-corrected chi connectivity index (χ0v) is 16.8. The van der Waals surface area contributed by atoms with E-state index in [-0.39, 0.29) is 5.78 Å². The van der Waals surface area contributed by atoms with Crippen molar-refractivity contribution in [3.05, 3.63) is 96.3 Å². The van der Waals surface area contributed by atoms with Crippen LogP contribution >= 0.6 is 0 Å². The van der Waals surface area contributed by atoms with Crippen molar-refractivity contribution >= 4 is 27.9 Å². The van der Waals surface area contributed by atoms with Crippen LogP contribution in [0, 0.1) is 0 Å². The molecule has 7 nitrogen and oxygen atoms in total. The summed E-state index contributed by atoms with van der Waals surface area (Å²) < 4.78 is 0. The molecule has 0 bridgehead atoms. The molecule has 0 saturated heterocycles. The van der Waals surface area contributed by atoms with Crippen LogP contribution in [0.15, 0.2) is 84.9 Å². The van der Waals surface area contributed by atoms with Crippen molar-refractivity contribution in [3.63, 3.8) is 0 Å². The first-order chi connectivity index (χ1) is 15.7. The lowest BCUT2D eigenvalue weighted by atomic mass is 10.1. The third-order valence-corrected chi connectivity index (χ3v) is 5.23. The van der Waals surface area contributed by atoms with Crippen molar-refractivity contribution in [2.45, 2.75) is 0 Å². The SMILES string of the molecule is O=C(c1cccc(-c2nc3ccccc3[nH]2)n1)c1cccc(-c2nc3ccccc3[nH]2)n1. The van der Waals surface area contributed by atoms with Gasteiger partial charge in [0, 0.05) is 0 Å². The van der Waals surface area contributed by atoms with Gasteiger partial charge in [-0.25, -0.2) is 19.9 Å². The molecule has 2 aromatic carbocycles. The Balaban J connectivity index is 1.35. The van der Waals surface area contributed by atoms with Gasteiger partial charge in [0.1, 0.15) is 22.8 Å². The molecular formula is C25H16N6O. The predicted octanol–water partition coefficient (Wildman–Crippen LogP) is 4.79. The lowest BCUT2D eigenvalue weighted by Crippen LogP contribution is -2.07. The number of hydrogen-bond donors (Lipinski definition) is 2. The Kier molecular flexibility index (Phi) is 4.11. The van der Waals surface area contributed by atoms with Crippen molar-refractivity contribution in [1.82, 2.24) is 29.9 Å². The minimum absolute atomic E-state index is 0.263. The molecule has 6 rings (SSSR count). The van der Waals surface area contributed by atoms with Crippen LogP contribution in [-0.4, -0.2) is 35.7 Å². The smallest absolute Gasteiger partial charge is 0.229 e.